The molecule has 5 fully saturated rings. The van der Waals surface area contributed by atoms with Gasteiger partial charge in [-0.2, -0.15) is 28.8 Å². The van der Waals surface area contributed by atoms with Crippen LogP contribution in [0.4, 0.5) is 46.5 Å². The van der Waals surface area contributed by atoms with Gasteiger partial charge in [0.25, 0.3) is 5.91 Å². The highest BCUT2D eigenvalue weighted by Crippen LogP contribution is 2.47. The number of rotatable bonds is 19. The lowest BCUT2D eigenvalue weighted by atomic mass is 10.2. The lowest BCUT2D eigenvalue weighted by molar-refractivity contribution is 0.0990. The van der Waals surface area contributed by atoms with Gasteiger partial charge in [-0.15, -0.1) is 22.7 Å². The molecule has 5 aliphatic rings. The van der Waals surface area contributed by atoms with Crippen molar-refractivity contribution in [1.82, 2.24) is 80.7 Å². The maximum absolute atomic E-state index is 11.6. The van der Waals surface area contributed by atoms with Crippen LogP contribution in [0.1, 0.15) is 140 Å². The van der Waals surface area contributed by atoms with Crippen molar-refractivity contribution in [3.05, 3.63) is 127 Å². The first kappa shape index (κ1) is 63.3. The van der Waals surface area contributed by atoms with Crippen LogP contribution in [0.2, 0.25) is 20.1 Å². The van der Waals surface area contributed by atoms with E-state index in [2.05, 4.69) is 102 Å². The van der Waals surface area contributed by atoms with Crippen molar-refractivity contribution in [3.63, 3.8) is 0 Å². The van der Waals surface area contributed by atoms with Gasteiger partial charge in [0.1, 0.15) is 33.5 Å². The van der Waals surface area contributed by atoms with Crippen molar-refractivity contribution >= 4 is 159 Å². The molecule has 5 saturated carbocycles. The van der Waals surface area contributed by atoms with E-state index in [1.807, 2.05) is 24.3 Å². The Kier molecular flexibility index (Phi) is 18.3. The molecule has 0 bridgehead atoms. The Morgan fingerprint density at radius 1 is 0.527 bits per heavy atom. The van der Waals surface area contributed by atoms with Crippen molar-refractivity contribution in [2.45, 2.75) is 102 Å². The molecular formula is C53H53Cl4N23O6S5. The molecule has 10 heterocycles. The van der Waals surface area contributed by atoms with Gasteiger partial charge < -0.3 is 32.7 Å². The highest BCUT2D eigenvalue weighted by molar-refractivity contribution is 7.91. The number of carbonyl (C=O) groups is 1. The average Bonchev–Trinajstić information content (AvgIpc) is 1.78. The maximum atomic E-state index is 11.6. The topological polar surface area (TPSA) is 450 Å². The van der Waals surface area contributed by atoms with E-state index in [9.17, 15) is 21.6 Å². The predicted octanol–water partition coefficient (Wildman–Crippen LogP) is 11.1. The van der Waals surface area contributed by atoms with Crippen molar-refractivity contribution < 1.29 is 27.6 Å². The Labute approximate surface area is 552 Å². The van der Waals surface area contributed by atoms with E-state index in [-0.39, 0.29) is 26.5 Å². The number of H-pyrrole nitrogens is 4. The Hall–Kier alpha value is -7.90. The van der Waals surface area contributed by atoms with Crippen LogP contribution in [0.25, 0.3) is 21.4 Å². The summed E-state index contributed by atoms with van der Waals surface area (Å²) in [5, 5.41) is 47.6. The second-order valence-electron chi connectivity index (χ2n) is 21.5. The fourth-order valence-electron chi connectivity index (χ4n) is 8.68. The van der Waals surface area contributed by atoms with Crippen LogP contribution in [-0.2, 0) is 20.1 Å². The molecule has 1 amide bonds. The van der Waals surface area contributed by atoms with E-state index in [4.69, 9.17) is 79.8 Å². The number of nitrogens with two attached hydrogens (primary N) is 3. The molecule has 0 aliphatic heterocycles. The molecule has 0 spiro atoms. The molecule has 29 nitrogen and oxygen atoms in total. The summed E-state index contributed by atoms with van der Waals surface area (Å²) in [6.45, 7) is 0. The van der Waals surface area contributed by atoms with E-state index in [0.717, 1.165) is 76.8 Å². The van der Waals surface area contributed by atoms with E-state index in [0.29, 0.717) is 118 Å². The number of primary amides is 1. The summed E-state index contributed by atoms with van der Waals surface area (Å²) in [4.78, 5) is 45.7. The van der Waals surface area contributed by atoms with Gasteiger partial charge in [0.15, 0.2) is 64.0 Å². The largest absolute Gasteiger partial charge is 0.387 e. The van der Waals surface area contributed by atoms with E-state index >= 15 is 0 Å². The number of aromatic amines is 4. The number of nitrogens with one attached hydrogen (secondary N) is 8. The second-order valence-corrected chi connectivity index (χ2v) is 29.1. The standard InChI is InChI=1S/C17H17ClN6O2S2.C14H12ClN5O3S2.C11H11ClN6O.C11H11ClN6S.H2/c18-14-15(9-3-4-9)21-16(11-5-6-13(27-11)28(19,25)26)22-17(14)20-12-7-10(23-24-12)8-1-2-8;15-8-6-16-14(10-3-4-12(24-10)25(21,22)23)18-13(8)17-11-5-9(19-20-11)7-1-2-7;2*12-6-4-14-11(9(13)19)16-10(6)15-8-3-7(17-18-8)5-1-2-5;/h5-9H,1-4H2,(H2,19,25,26)(H2,20,21,22,23,24);3-7H,1-2H2,(H,21,22,23)(H2,16,17,18,19,20);2*3-5H,1-2H2,(H2,13,19)(H2,14,15,16,17,18);1H. The summed E-state index contributed by atoms with van der Waals surface area (Å²) in [7, 11) is -8.01. The summed E-state index contributed by atoms with van der Waals surface area (Å²) >= 11 is 31.4. The van der Waals surface area contributed by atoms with Crippen LogP contribution < -0.4 is 37.9 Å². The normalized spacial score (nSPS) is 15.3. The lowest BCUT2D eigenvalue weighted by Gasteiger charge is -2.10. The predicted molar refractivity (Wildman–Crippen MR) is 350 cm³/mol. The molecule has 0 aromatic carbocycles. The Bertz CT molecular complexity index is 4510. The first-order chi connectivity index (χ1) is 43.5. The number of halogens is 4. The molecule has 474 valence electrons. The van der Waals surface area contributed by atoms with Crippen LogP contribution in [0.15, 0.2) is 75.5 Å². The zero-order valence-electron chi connectivity index (χ0n) is 46.9. The monoisotopic (exact) mass is 1410 g/mol. The van der Waals surface area contributed by atoms with Gasteiger partial charge in [0.05, 0.1) is 34.0 Å². The quantitative estimate of drug-likeness (QED) is 0.0264. The molecule has 10 aromatic rings. The van der Waals surface area contributed by atoms with Crippen molar-refractivity contribution in [2.24, 2.45) is 16.6 Å². The highest BCUT2D eigenvalue weighted by Gasteiger charge is 2.32. The summed E-state index contributed by atoms with van der Waals surface area (Å²) in [5.41, 5.74) is 15.8. The molecule has 0 unspecified atom stereocenters. The van der Waals surface area contributed by atoms with Gasteiger partial charge in [0.2, 0.25) is 15.8 Å². The number of amides is 1. The molecular weight excluding hydrogens is 1360 g/mol. The number of hydrogen-bond donors (Lipinski definition) is 12. The molecule has 15 rings (SSSR count). The van der Waals surface area contributed by atoms with E-state index in [1.165, 1.54) is 75.3 Å². The number of carbonyl (C=O) groups excluding carboxylic acids is 1. The minimum absolute atomic E-state index is 0. The van der Waals surface area contributed by atoms with E-state index < -0.39 is 26.0 Å². The van der Waals surface area contributed by atoms with Crippen LogP contribution in [0, 0.1) is 0 Å². The number of sulfonamides is 1. The molecule has 15 N–H and O–H groups in total. The molecule has 10 aromatic heterocycles. The number of anilines is 8. The van der Waals surface area contributed by atoms with Crippen LogP contribution in [0.5, 0.6) is 0 Å². The third-order valence-corrected chi connectivity index (χ3v) is 20.4. The Balaban J connectivity index is 0.000000127. The van der Waals surface area contributed by atoms with Gasteiger partial charge in [-0.3, -0.25) is 29.7 Å². The van der Waals surface area contributed by atoms with Crippen LogP contribution in [0.3, 0.4) is 0 Å². The average molecular weight is 1410 g/mol. The summed E-state index contributed by atoms with van der Waals surface area (Å²) in [6.07, 6.45) is 15.7. The smallest absolute Gasteiger partial charge is 0.304 e. The third-order valence-electron chi connectivity index (χ3n) is 14.1. The fourth-order valence-corrected chi connectivity index (χ4v) is 12.8. The zero-order chi connectivity index (χ0) is 63.9. The Morgan fingerprint density at radius 3 is 1.30 bits per heavy atom. The number of thiophene rings is 2. The summed E-state index contributed by atoms with van der Waals surface area (Å²) < 4.78 is 54.5. The molecule has 91 heavy (non-hydrogen) atoms. The number of primary sulfonamides is 1. The first-order valence-electron chi connectivity index (χ1n) is 27.8. The molecule has 38 heteroatoms. The van der Waals surface area contributed by atoms with Crippen molar-refractivity contribution in [1.29, 1.82) is 0 Å². The van der Waals surface area contributed by atoms with Gasteiger partial charge in [-0.05, 0) is 88.5 Å². The van der Waals surface area contributed by atoms with Gasteiger partial charge in [-0.25, -0.2) is 53.4 Å². The number of aromatic nitrogens is 16. The van der Waals surface area contributed by atoms with Crippen molar-refractivity contribution in [3.8, 4) is 21.4 Å². The minimum Gasteiger partial charge on any atom is -0.387 e. The number of hydrogen-bond acceptors (Lipinski definition) is 24. The highest BCUT2D eigenvalue weighted by atomic mass is 35.5. The van der Waals surface area contributed by atoms with E-state index in [1.54, 1.807) is 6.07 Å². The molecule has 5 aliphatic carbocycles. The Morgan fingerprint density at radius 2 is 0.901 bits per heavy atom. The van der Waals surface area contributed by atoms with Gasteiger partial charge >= 0.3 is 10.1 Å². The fraction of sp³-hybridized carbons (Fsp3) is 0.283. The molecule has 0 atom stereocenters. The minimum atomic E-state index is -4.25. The van der Waals surface area contributed by atoms with Crippen molar-refractivity contribution in [2.75, 3.05) is 21.3 Å². The second kappa shape index (κ2) is 26.4. The van der Waals surface area contributed by atoms with Crippen LogP contribution >= 0.6 is 81.3 Å². The summed E-state index contributed by atoms with van der Waals surface area (Å²) in [5.74, 6) is 6.85. The number of thiocarbonyl (C=S) groups is 1. The SMILES string of the molecule is NC(=O)c1ncc(Cl)c(Nc2cc(C3CC3)[nH]n2)n1.NC(=S)c1ncc(Cl)c(Nc2cc(C3CC3)[nH]n2)n1.NS(=O)(=O)c1ccc(-c2nc(Nc3cc(C4CC4)[nH]n3)c(Cl)c(C3CC3)n2)s1.O=S(=O)(O)c1ccc(-c2ncc(Cl)c(Nc3cc(C4CC4)[nH]n3)n2)s1.[HH]. The van der Waals surface area contributed by atoms with Crippen LogP contribution in [-0.4, -0.2) is 113 Å². The zero-order valence-corrected chi connectivity index (χ0v) is 54.1. The number of nitrogens with zero attached hydrogens (tertiary/aromatic N) is 12. The van der Waals surface area contributed by atoms with Gasteiger partial charge in [0, 0.05) is 78.1 Å². The maximum Gasteiger partial charge on any atom is 0.304 e. The third kappa shape index (κ3) is 16.2. The molecule has 0 radical (unpaired) electrons. The van der Waals surface area contributed by atoms with Gasteiger partial charge in [-0.1, -0.05) is 58.6 Å². The lowest BCUT2D eigenvalue weighted by Crippen LogP contribution is -2.16. The first-order valence-corrected chi connectivity index (χ1v) is 34.3. The molecule has 0 saturated heterocycles. The summed E-state index contributed by atoms with van der Waals surface area (Å²) in [6, 6.07) is 13.7.